The van der Waals surface area contributed by atoms with Crippen molar-refractivity contribution >= 4 is 11.8 Å². The maximum absolute atomic E-state index is 5.48. The first-order valence-electron chi connectivity index (χ1n) is 5.84. The fourth-order valence-electron chi connectivity index (χ4n) is 2.20. The molecule has 0 aromatic carbocycles. The van der Waals surface area contributed by atoms with Gasteiger partial charge in [-0.05, 0) is 37.4 Å². The molecule has 2 nitrogen and oxygen atoms in total. The summed E-state index contributed by atoms with van der Waals surface area (Å²) in [7, 11) is 0. The zero-order chi connectivity index (χ0) is 9.64. The SMILES string of the molecule is C1COCC(CNC2CCCSC2)C1. The summed E-state index contributed by atoms with van der Waals surface area (Å²) in [4.78, 5) is 0. The van der Waals surface area contributed by atoms with E-state index in [1.54, 1.807) is 0 Å². The zero-order valence-corrected chi connectivity index (χ0v) is 9.65. The highest BCUT2D eigenvalue weighted by Crippen LogP contribution is 2.18. The number of rotatable bonds is 3. The molecular weight excluding hydrogens is 194 g/mol. The summed E-state index contributed by atoms with van der Waals surface area (Å²) in [5, 5.41) is 3.69. The Morgan fingerprint density at radius 3 is 3.00 bits per heavy atom. The van der Waals surface area contributed by atoms with Gasteiger partial charge in [0.15, 0.2) is 0 Å². The lowest BCUT2D eigenvalue weighted by Gasteiger charge is -2.27. The van der Waals surface area contributed by atoms with Crippen LogP contribution in [0.5, 0.6) is 0 Å². The second-order valence-electron chi connectivity index (χ2n) is 4.41. The van der Waals surface area contributed by atoms with Gasteiger partial charge in [-0.3, -0.25) is 0 Å². The van der Waals surface area contributed by atoms with Gasteiger partial charge in [0, 0.05) is 24.9 Å². The zero-order valence-electron chi connectivity index (χ0n) is 8.84. The second-order valence-corrected chi connectivity index (χ2v) is 5.56. The van der Waals surface area contributed by atoms with E-state index in [2.05, 4.69) is 17.1 Å². The van der Waals surface area contributed by atoms with E-state index < -0.39 is 0 Å². The highest BCUT2D eigenvalue weighted by molar-refractivity contribution is 7.99. The second kappa shape index (κ2) is 5.99. The van der Waals surface area contributed by atoms with E-state index in [1.807, 2.05) is 0 Å². The van der Waals surface area contributed by atoms with Gasteiger partial charge >= 0.3 is 0 Å². The Labute approximate surface area is 91.2 Å². The van der Waals surface area contributed by atoms with E-state index in [-0.39, 0.29) is 0 Å². The maximum atomic E-state index is 5.48. The summed E-state index contributed by atoms with van der Waals surface area (Å²) in [5.41, 5.74) is 0. The van der Waals surface area contributed by atoms with Crippen molar-refractivity contribution in [3.05, 3.63) is 0 Å². The van der Waals surface area contributed by atoms with Gasteiger partial charge in [-0.2, -0.15) is 11.8 Å². The monoisotopic (exact) mass is 215 g/mol. The summed E-state index contributed by atoms with van der Waals surface area (Å²) in [6.45, 7) is 3.13. The lowest BCUT2D eigenvalue weighted by atomic mass is 10.0. The van der Waals surface area contributed by atoms with E-state index in [9.17, 15) is 0 Å². The molecule has 82 valence electrons. The summed E-state index contributed by atoms with van der Waals surface area (Å²) >= 11 is 2.10. The van der Waals surface area contributed by atoms with Crippen LogP contribution in [0.2, 0.25) is 0 Å². The standard InChI is InChI=1S/C11H21NOS/c1-3-10(8-13-5-1)7-12-11-4-2-6-14-9-11/h10-12H,1-9H2. The first kappa shape index (κ1) is 10.8. The third-order valence-electron chi connectivity index (χ3n) is 3.11. The van der Waals surface area contributed by atoms with Crippen molar-refractivity contribution in [1.82, 2.24) is 5.32 Å². The van der Waals surface area contributed by atoms with Crippen LogP contribution in [0.1, 0.15) is 25.7 Å². The summed E-state index contributed by atoms with van der Waals surface area (Å²) in [5.74, 6) is 3.45. The van der Waals surface area contributed by atoms with E-state index in [1.165, 1.54) is 43.7 Å². The topological polar surface area (TPSA) is 21.3 Å². The van der Waals surface area contributed by atoms with Crippen LogP contribution in [0, 0.1) is 5.92 Å². The molecule has 2 saturated heterocycles. The van der Waals surface area contributed by atoms with Gasteiger partial charge in [0.25, 0.3) is 0 Å². The van der Waals surface area contributed by atoms with Gasteiger partial charge < -0.3 is 10.1 Å². The molecule has 2 aliphatic rings. The Balaban J connectivity index is 1.60. The number of thioether (sulfide) groups is 1. The third-order valence-corrected chi connectivity index (χ3v) is 4.33. The smallest absolute Gasteiger partial charge is 0.0506 e. The van der Waals surface area contributed by atoms with Gasteiger partial charge in [-0.1, -0.05) is 0 Å². The van der Waals surface area contributed by atoms with Crippen molar-refractivity contribution < 1.29 is 4.74 Å². The van der Waals surface area contributed by atoms with Crippen LogP contribution < -0.4 is 5.32 Å². The van der Waals surface area contributed by atoms with E-state index in [0.29, 0.717) is 0 Å². The highest BCUT2D eigenvalue weighted by atomic mass is 32.2. The van der Waals surface area contributed by atoms with Gasteiger partial charge in [0.1, 0.15) is 0 Å². The minimum absolute atomic E-state index is 0.774. The quantitative estimate of drug-likeness (QED) is 0.777. The lowest BCUT2D eigenvalue weighted by molar-refractivity contribution is 0.0539. The Morgan fingerprint density at radius 1 is 1.29 bits per heavy atom. The van der Waals surface area contributed by atoms with Crippen LogP contribution in [0.15, 0.2) is 0 Å². The van der Waals surface area contributed by atoms with Crippen molar-refractivity contribution in [2.75, 3.05) is 31.3 Å². The van der Waals surface area contributed by atoms with Crippen molar-refractivity contribution in [2.24, 2.45) is 5.92 Å². The Kier molecular flexibility index (Phi) is 4.61. The molecule has 0 radical (unpaired) electrons. The normalized spacial score (nSPS) is 34.3. The van der Waals surface area contributed by atoms with Crippen LogP contribution >= 0.6 is 11.8 Å². The molecule has 14 heavy (non-hydrogen) atoms. The minimum atomic E-state index is 0.774. The number of hydrogen-bond acceptors (Lipinski definition) is 3. The molecule has 2 fully saturated rings. The highest BCUT2D eigenvalue weighted by Gasteiger charge is 2.17. The minimum Gasteiger partial charge on any atom is -0.381 e. The van der Waals surface area contributed by atoms with Crippen LogP contribution in [-0.2, 0) is 4.74 Å². The molecule has 0 aromatic heterocycles. The molecule has 0 bridgehead atoms. The van der Waals surface area contributed by atoms with E-state index >= 15 is 0 Å². The van der Waals surface area contributed by atoms with Gasteiger partial charge in [0.05, 0.1) is 6.61 Å². The van der Waals surface area contributed by atoms with Crippen LogP contribution in [0.25, 0.3) is 0 Å². The predicted octanol–water partition coefficient (Wildman–Crippen LogP) is 1.90. The number of hydrogen-bond donors (Lipinski definition) is 1. The Hall–Kier alpha value is 0.270. The Bertz CT molecular complexity index is 135. The Morgan fingerprint density at radius 2 is 2.29 bits per heavy atom. The molecule has 2 atom stereocenters. The van der Waals surface area contributed by atoms with E-state index in [4.69, 9.17) is 4.74 Å². The molecule has 3 heteroatoms. The van der Waals surface area contributed by atoms with Crippen molar-refractivity contribution in [3.8, 4) is 0 Å². The molecule has 0 aromatic rings. The van der Waals surface area contributed by atoms with Gasteiger partial charge in [0.2, 0.25) is 0 Å². The van der Waals surface area contributed by atoms with Crippen LogP contribution in [0.3, 0.4) is 0 Å². The van der Waals surface area contributed by atoms with Gasteiger partial charge in [-0.15, -0.1) is 0 Å². The molecule has 0 saturated carbocycles. The lowest BCUT2D eigenvalue weighted by Crippen LogP contribution is -2.39. The van der Waals surface area contributed by atoms with Crippen molar-refractivity contribution in [1.29, 1.82) is 0 Å². The third kappa shape index (κ3) is 3.44. The molecule has 0 aliphatic carbocycles. The molecule has 0 amide bonds. The summed E-state index contributed by atoms with van der Waals surface area (Å²) in [6, 6.07) is 0.774. The summed E-state index contributed by atoms with van der Waals surface area (Å²) < 4.78 is 5.48. The molecule has 2 rings (SSSR count). The molecule has 2 aliphatic heterocycles. The predicted molar refractivity (Wildman–Crippen MR) is 61.9 cm³/mol. The number of ether oxygens (including phenoxy) is 1. The first-order valence-corrected chi connectivity index (χ1v) is 6.99. The van der Waals surface area contributed by atoms with Crippen LogP contribution in [-0.4, -0.2) is 37.3 Å². The average molecular weight is 215 g/mol. The largest absolute Gasteiger partial charge is 0.381 e. The fraction of sp³-hybridized carbons (Fsp3) is 1.00. The number of nitrogens with one attached hydrogen (secondary N) is 1. The molecule has 0 spiro atoms. The summed E-state index contributed by atoms with van der Waals surface area (Å²) in [6.07, 6.45) is 5.38. The molecule has 2 heterocycles. The van der Waals surface area contributed by atoms with Crippen molar-refractivity contribution in [3.63, 3.8) is 0 Å². The molecular formula is C11H21NOS. The molecule has 2 unspecified atom stereocenters. The average Bonchev–Trinajstić information content (AvgIpc) is 2.29. The maximum Gasteiger partial charge on any atom is 0.0506 e. The van der Waals surface area contributed by atoms with Crippen molar-refractivity contribution in [2.45, 2.75) is 31.7 Å². The van der Waals surface area contributed by atoms with E-state index in [0.717, 1.165) is 25.2 Å². The van der Waals surface area contributed by atoms with Crippen LogP contribution in [0.4, 0.5) is 0 Å². The fourth-order valence-corrected chi connectivity index (χ4v) is 3.31. The van der Waals surface area contributed by atoms with Gasteiger partial charge in [-0.25, -0.2) is 0 Å². The molecule has 1 N–H and O–H groups in total. The first-order chi connectivity index (χ1) is 6.95.